The van der Waals surface area contributed by atoms with Gasteiger partial charge in [0.15, 0.2) is 0 Å². The lowest BCUT2D eigenvalue weighted by atomic mass is 9.91. The number of halogens is 1. The molecule has 0 amide bonds. The summed E-state index contributed by atoms with van der Waals surface area (Å²) in [6.45, 7) is 9.72. The number of nitrogens with zero attached hydrogens (tertiary/aromatic N) is 2. The van der Waals surface area contributed by atoms with Crippen molar-refractivity contribution in [1.29, 1.82) is 0 Å². The van der Waals surface area contributed by atoms with Crippen LogP contribution in [0.25, 0.3) is 0 Å². The lowest BCUT2D eigenvalue weighted by Crippen LogP contribution is -2.26. The quantitative estimate of drug-likeness (QED) is 0.239. The molecule has 1 aromatic heterocycles. The Morgan fingerprint density at radius 3 is 2.51 bits per heavy atom. The van der Waals surface area contributed by atoms with E-state index in [1.807, 2.05) is 12.3 Å². The topological polar surface area (TPSA) is 74.3 Å². The van der Waals surface area contributed by atoms with Crippen LogP contribution < -0.4 is 10.0 Å². The summed E-state index contributed by atoms with van der Waals surface area (Å²) >= 11 is 0. The smallest absolute Gasteiger partial charge is 0.261 e. The molecule has 3 aromatic rings. The van der Waals surface area contributed by atoms with Crippen LogP contribution >= 0.6 is 0 Å². The molecule has 0 bridgehead atoms. The van der Waals surface area contributed by atoms with Crippen LogP contribution in [-0.4, -0.2) is 37.9 Å². The predicted molar refractivity (Wildman–Crippen MR) is 173 cm³/mol. The molecule has 0 fully saturated rings. The van der Waals surface area contributed by atoms with Crippen LogP contribution in [0.15, 0.2) is 83.9 Å². The number of fused-ring (bicyclic) bond motifs is 1. The minimum absolute atomic E-state index is 0.0202. The van der Waals surface area contributed by atoms with Crippen LogP contribution in [0.4, 0.5) is 15.8 Å². The molecule has 228 valence electrons. The van der Waals surface area contributed by atoms with Crippen molar-refractivity contribution in [3.05, 3.63) is 107 Å². The third-order valence-electron chi connectivity index (χ3n) is 8.25. The molecule has 1 aliphatic carbocycles. The Balaban J connectivity index is 1.16. The molecule has 43 heavy (non-hydrogen) atoms. The fraction of sp³-hybridized carbons (Fsp3) is 0.400. The Bertz CT molecular complexity index is 1580. The second kappa shape index (κ2) is 13.4. The summed E-state index contributed by atoms with van der Waals surface area (Å²) in [5.41, 5.74) is 5.01. The SMILES string of the molecule is CC(C)(C)c1ccc(CN2CCc3ccc(S(=O)(=O)Nc4ccc(NCCCC5C=CC=CC5)cc4F)cc3CC2)cn1. The number of nitrogens with one attached hydrogen (secondary N) is 2. The van der Waals surface area contributed by atoms with Crippen LogP contribution in [0.5, 0.6) is 0 Å². The van der Waals surface area contributed by atoms with Crippen LogP contribution in [0, 0.1) is 11.7 Å². The number of pyridine rings is 1. The number of allylic oxidation sites excluding steroid dienone is 4. The molecule has 2 heterocycles. The van der Waals surface area contributed by atoms with Gasteiger partial charge in [0.1, 0.15) is 5.82 Å². The average molecular weight is 603 g/mol. The molecule has 1 unspecified atom stereocenters. The first-order valence-electron chi connectivity index (χ1n) is 15.3. The molecule has 5 rings (SSSR count). The van der Waals surface area contributed by atoms with Crippen LogP contribution in [-0.2, 0) is 34.8 Å². The van der Waals surface area contributed by atoms with Crippen LogP contribution in [0.1, 0.15) is 62.4 Å². The van der Waals surface area contributed by atoms with Crippen molar-refractivity contribution in [1.82, 2.24) is 9.88 Å². The van der Waals surface area contributed by atoms with Crippen molar-refractivity contribution in [2.75, 3.05) is 29.7 Å². The zero-order valence-corrected chi connectivity index (χ0v) is 26.3. The van der Waals surface area contributed by atoms with Gasteiger partial charge in [0.05, 0.1) is 10.6 Å². The summed E-state index contributed by atoms with van der Waals surface area (Å²) in [5, 5.41) is 3.25. The predicted octanol–water partition coefficient (Wildman–Crippen LogP) is 7.24. The second-order valence-electron chi connectivity index (χ2n) is 12.7. The Hall–Kier alpha value is -3.49. The zero-order chi connectivity index (χ0) is 30.5. The van der Waals surface area contributed by atoms with Gasteiger partial charge in [-0.15, -0.1) is 0 Å². The van der Waals surface area contributed by atoms with E-state index in [4.69, 9.17) is 0 Å². The van der Waals surface area contributed by atoms with Gasteiger partial charge < -0.3 is 5.32 Å². The molecular weight excluding hydrogens is 559 g/mol. The molecule has 6 nitrogen and oxygen atoms in total. The van der Waals surface area contributed by atoms with Crippen LogP contribution in [0.3, 0.4) is 0 Å². The van der Waals surface area contributed by atoms with Gasteiger partial charge in [0.2, 0.25) is 0 Å². The van der Waals surface area contributed by atoms with E-state index in [9.17, 15) is 12.8 Å². The Morgan fingerprint density at radius 1 is 1.00 bits per heavy atom. The van der Waals surface area contributed by atoms with E-state index in [0.29, 0.717) is 11.6 Å². The lowest BCUT2D eigenvalue weighted by molar-refractivity contribution is 0.279. The highest BCUT2D eigenvalue weighted by atomic mass is 32.2. The van der Waals surface area contributed by atoms with Crippen LogP contribution in [0.2, 0.25) is 0 Å². The first kappa shape index (κ1) is 31.0. The highest BCUT2D eigenvalue weighted by Crippen LogP contribution is 2.26. The van der Waals surface area contributed by atoms with E-state index < -0.39 is 15.8 Å². The number of anilines is 2. The molecule has 8 heteroatoms. The maximum atomic E-state index is 14.9. The summed E-state index contributed by atoms with van der Waals surface area (Å²) in [4.78, 5) is 7.19. The van der Waals surface area contributed by atoms with E-state index in [0.717, 1.165) is 75.1 Å². The molecule has 2 N–H and O–H groups in total. The van der Waals surface area contributed by atoms with Crippen molar-refractivity contribution >= 4 is 21.4 Å². The van der Waals surface area contributed by atoms with Gasteiger partial charge >= 0.3 is 0 Å². The maximum Gasteiger partial charge on any atom is 0.261 e. The Kier molecular flexibility index (Phi) is 9.67. The minimum atomic E-state index is -3.95. The van der Waals surface area contributed by atoms with Crippen molar-refractivity contribution in [2.24, 2.45) is 5.92 Å². The zero-order valence-electron chi connectivity index (χ0n) is 25.4. The van der Waals surface area contributed by atoms with Gasteiger partial charge in [-0.2, -0.15) is 0 Å². The monoisotopic (exact) mass is 602 g/mol. The molecular formula is C35H43FN4O2S. The van der Waals surface area contributed by atoms with E-state index in [1.165, 1.54) is 17.7 Å². The summed E-state index contributed by atoms with van der Waals surface area (Å²) in [6.07, 6.45) is 15.2. The first-order valence-corrected chi connectivity index (χ1v) is 16.7. The fourth-order valence-corrected chi connectivity index (χ4v) is 6.76. The first-order chi connectivity index (χ1) is 20.6. The van der Waals surface area contributed by atoms with Gasteiger partial charge in [-0.3, -0.25) is 14.6 Å². The normalized spacial score (nSPS) is 17.3. The van der Waals surface area contributed by atoms with Crippen molar-refractivity contribution in [2.45, 2.75) is 69.7 Å². The van der Waals surface area contributed by atoms with E-state index in [1.54, 1.807) is 18.2 Å². The summed E-state index contributed by atoms with van der Waals surface area (Å²) in [6, 6.07) is 14.1. The molecule has 0 saturated heterocycles. The van der Waals surface area contributed by atoms with Crippen molar-refractivity contribution in [3.8, 4) is 0 Å². The lowest BCUT2D eigenvalue weighted by Gasteiger charge is -2.21. The number of aromatic nitrogens is 1. The summed E-state index contributed by atoms with van der Waals surface area (Å²) < 4.78 is 43.9. The molecule has 2 aliphatic rings. The van der Waals surface area contributed by atoms with Gasteiger partial charge in [0, 0.05) is 49.2 Å². The van der Waals surface area contributed by atoms with Gasteiger partial charge in [-0.05, 0) is 91.1 Å². The van der Waals surface area contributed by atoms with Crippen molar-refractivity contribution in [3.63, 3.8) is 0 Å². The molecule has 1 aliphatic heterocycles. The van der Waals surface area contributed by atoms with Gasteiger partial charge in [-0.25, -0.2) is 12.8 Å². The average Bonchev–Trinajstić information content (AvgIpc) is 3.19. The highest BCUT2D eigenvalue weighted by molar-refractivity contribution is 7.92. The van der Waals surface area contributed by atoms with Gasteiger partial charge in [-0.1, -0.05) is 57.2 Å². The fourth-order valence-electron chi connectivity index (χ4n) is 5.65. The standard InChI is InChI=1S/C35H43FN4O2S/c1-35(2,3)34-16-11-27(24-38-34)25-40-20-17-28-12-14-31(22-29(28)18-21-40)43(41,42)39-33-15-13-30(23-32(33)36)37-19-7-10-26-8-5-4-6-9-26/h4-6,8,11-16,22-24,26,37,39H,7,9-10,17-21,25H2,1-3H3. The molecule has 0 radical (unpaired) electrons. The number of hydrogen-bond acceptors (Lipinski definition) is 5. The van der Waals surface area contributed by atoms with E-state index in [2.05, 4.69) is 77.1 Å². The second-order valence-corrected chi connectivity index (χ2v) is 14.4. The maximum absolute atomic E-state index is 14.9. The largest absolute Gasteiger partial charge is 0.385 e. The molecule has 2 aromatic carbocycles. The minimum Gasteiger partial charge on any atom is -0.385 e. The number of sulfonamides is 1. The molecule has 0 saturated carbocycles. The summed E-state index contributed by atoms with van der Waals surface area (Å²) in [7, 11) is -3.95. The number of hydrogen-bond donors (Lipinski definition) is 2. The highest BCUT2D eigenvalue weighted by Gasteiger charge is 2.21. The number of benzene rings is 2. The van der Waals surface area contributed by atoms with Gasteiger partial charge in [0.25, 0.3) is 10.0 Å². The third kappa shape index (κ3) is 8.33. The Labute approximate surface area is 256 Å². The van der Waals surface area contributed by atoms with E-state index >= 15 is 0 Å². The Morgan fingerprint density at radius 2 is 1.81 bits per heavy atom. The van der Waals surface area contributed by atoms with E-state index in [-0.39, 0.29) is 16.0 Å². The third-order valence-corrected chi connectivity index (χ3v) is 9.61. The number of rotatable bonds is 10. The summed E-state index contributed by atoms with van der Waals surface area (Å²) in [5.74, 6) is -0.0504. The molecule has 1 atom stereocenters. The molecule has 0 spiro atoms. The van der Waals surface area contributed by atoms with Crippen molar-refractivity contribution < 1.29 is 12.8 Å².